The van der Waals surface area contributed by atoms with Crippen LogP contribution in [0.4, 0.5) is 0 Å². The van der Waals surface area contributed by atoms with Crippen LogP contribution < -0.4 is 0 Å². The summed E-state index contributed by atoms with van der Waals surface area (Å²) in [5, 5.41) is 0. The van der Waals surface area contributed by atoms with Gasteiger partial charge < -0.3 is 28.4 Å². The minimum absolute atomic E-state index is 0.170. The molecule has 6 bridgehead atoms. The Morgan fingerprint density at radius 2 is 0.528 bits per heavy atom. The van der Waals surface area contributed by atoms with Crippen molar-refractivity contribution in [2.24, 2.45) is 0 Å². The van der Waals surface area contributed by atoms with E-state index in [4.69, 9.17) is 28.4 Å². The number of hydrogen-bond acceptors (Lipinski definition) is 6. The van der Waals surface area contributed by atoms with Crippen LogP contribution in [0, 0.1) is 0 Å². The van der Waals surface area contributed by atoms with Crippen molar-refractivity contribution in [1.82, 2.24) is 0 Å². The van der Waals surface area contributed by atoms with Gasteiger partial charge in [0.2, 0.25) is 0 Å². The minimum atomic E-state index is -0.506. The fraction of sp³-hybridized carbons (Fsp3) is 0.800. The highest BCUT2D eigenvalue weighted by Crippen LogP contribution is 2.73. The summed E-state index contributed by atoms with van der Waals surface area (Å²) in [6.07, 6.45) is 4.49. The zero-order valence-corrected chi connectivity index (χ0v) is 22.0. The summed E-state index contributed by atoms with van der Waals surface area (Å²) in [5.41, 5.74) is 9.74. The normalized spacial score (nSPS) is 53.5. The summed E-state index contributed by atoms with van der Waals surface area (Å²) < 4.78 is 39.5. The van der Waals surface area contributed by atoms with Gasteiger partial charge in [0, 0.05) is 35.5 Å². The molecular weight excluding hydrogens is 456 g/mol. The van der Waals surface area contributed by atoms with E-state index in [2.05, 4.69) is 41.5 Å². The highest BCUT2D eigenvalue weighted by atomic mass is 16.8. The van der Waals surface area contributed by atoms with Gasteiger partial charge in [-0.2, -0.15) is 0 Å². The van der Waals surface area contributed by atoms with E-state index in [1.54, 1.807) is 33.4 Å². The summed E-state index contributed by atoms with van der Waals surface area (Å²) in [6, 6.07) is 0. The standard InChI is InChI=1S/C30H36O6/c1-28(2)31-22-10-7-11(23(22)32-28)17-16(10)18-12-8-14(26-24(12)33-29(3,4)35-26)20(18)21-15-9-13(19(17)21)25-27(15)36-30(5,6)34-25/h10-15,22-27H,7-9H2,1-6H3/t10-,11+,12-,13-,14+,15+,22-,23+,24-,25-,26+,27+. The van der Waals surface area contributed by atoms with E-state index in [-0.39, 0.29) is 36.6 Å². The molecule has 6 heteroatoms. The first-order chi connectivity index (χ1) is 17.0. The van der Waals surface area contributed by atoms with Crippen molar-refractivity contribution in [3.63, 3.8) is 0 Å². The van der Waals surface area contributed by atoms with Crippen LogP contribution in [-0.2, 0) is 28.4 Å². The molecule has 1 aromatic carbocycles. The van der Waals surface area contributed by atoms with Gasteiger partial charge in [-0.15, -0.1) is 0 Å². The summed E-state index contributed by atoms with van der Waals surface area (Å²) >= 11 is 0. The average Bonchev–Trinajstić information content (AvgIpc) is 3.57. The van der Waals surface area contributed by atoms with Crippen molar-refractivity contribution in [2.45, 2.75) is 150 Å². The molecule has 3 saturated heterocycles. The van der Waals surface area contributed by atoms with Gasteiger partial charge in [0.05, 0.1) is 36.6 Å². The van der Waals surface area contributed by atoms with Gasteiger partial charge in [0.25, 0.3) is 0 Å². The topological polar surface area (TPSA) is 55.4 Å². The Morgan fingerprint density at radius 1 is 0.361 bits per heavy atom. The van der Waals surface area contributed by atoms with Crippen LogP contribution in [0.1, 0.15) is 130 Å². The monoisotopic (exact) mass is 492 g/mol. The molecule has 1 aromatic rings. The molecule has 0 aromatic heterocycles. The van der Waals surface area contributed by atoms with Crippen molar-refractivity contribution >= 4 is 0 Å². The summed E-state index contributed by atoms with van der Waals surface area (Å²) in [5.74, 6) is 1.04. The SMILES string of the molecule is CC1(C)O[C@@H]2[C@H](O1)[C@@H]1C[C@H]2c2c1c1c(c3c2[C@H]2C[C@@H]3[C@@H]3OC(C)(C)O[C@@H]32)[C@@H]2C[C@H]1[C@H]1OC(C)(C)O[C@H]12. The first kappa shape index (κ1) is 20.9. The zero-order valence-electron chi connectivity index (χ0n) is 22.0. The molecule has 12 atom stereocenters. The third-order valence-electron chi connectivity index (χ3n) is 11.4. The number of fused-ring (bicyclic) bond motifs is 27. The molecule has 192 valence electrons. The van der Waals surface area contributed by atoms with Crippen molar-refractivity contribution in [2.75, 3.05) is 0 Å². The van der Waals surface area contributed by atoms with Crippen LogP contribution in [0.2, 0.25) is 0 Å². The van der Waals surface area contributed by atoms with Gasteiger partial charge in [0.15, 0.2) is 17.4 Å². The molecule has 0 radical (unpaired) electrons. The number of rotatable bonds is 0. The molecule has 6 aliphatic carbocycles. The van der Waals surface area contributed by atoms with Gasteiger partial charge >= 0.3 is 0 Å². The van der Waals surface area contributed by atoms with Gasteiger partial charge in [-0.3, -0.25) is 0 Å². The van der Waals surface area contributed by atoms with Crippen molar-refractivity contribution < 1.29 is 28.4 Å². The highest BCUT2D eigenvalue weighted by Gasteiger charge is 2.69. The molecule has 36 heavy (non-hydrogen) atoms. The third kappa shape index (κ3) is 2.16. The predicted molar refractivity (Wildman–Crippen MR) is 128 cm³/mol. The van der Waals surface area contributed by atoms with Crippen LogP contribution in [-0.4, -0.2) is 54.0 Å². The predicted octanol–water partition coefficient (Wildman–Crippen LogP) is 5.00. The Balaban J connectivity index is 1.22. The van der Waals surface area contributed by atoms with Crippen LogP contribution in [0.5, 0.6) is 0 Å². The molecule has 10 rings (SSSR count). The second-order valence-electron chi connectivity index (χ2n) is 14.5. The largest absolute Gasteiger partial charge is 0.344 e. The molecule has 9 aliphatic rings. The maximum atomic E-state index is 6.58. The maximum Gasteiger partial charge on any atom is 0.163 e. The van der Waals surface area contributed by atoms with Crippen molar-refractivity contribution in [3.05, 3.63) is 33.4 Å². The van der Waals surface area contributed by atoms with Crippen LogP contribution in [0.25, 0.3) is 0 Å². The van der Waals surface area contributed by atoms with Gasteiger partial charge in [-0.1, -0.05) is 0 Å². The fourth-order valence-corrected chi connectivity index (χ4v) is 10.9. The number of benzene rings is 1. The Bertz CT molecular complexity index is 1010. The maximum absolute atomic E-state index is 6.58. The lowest BCUT2D eigenvalue weighted by Gasteiger charge is -2.38. The molecular formula is C30H36O6. The molecule has 3 saturated carbocycles. The van der Waals surface area contributed by atoms with Crippen LogP contribution >= 0.6 is 0 Å². The van der Waals surface area contributed by atoms with Gasteiger partial charge in [0.1, 0.15) is 0 Å². The average molecular weight is 493 g/mol. The Kier molecular flexibility index (Phi) is 3.35. The third-order valence-corrected chi connectivity index (χ3v) is 11.4. The van der Waals surface area contributed by atoms with E-state index in [0.717, 1.165) is 19.3 Å². The first-order valence-corrected chi connectivity index (χ1v) is 14.3. The van der Waals surface area contributed by atoms with E-state index >= 15 is 0 Å². The molecule has 6 fully saturated rings. The van der Waals surface area contributed by atoms with Gasteiger partial charge in [-0.05, 0) is 94.2 Å². The van der Waals surface area contributed by atoms with Crippen molar-refractivity contribution in [3.8, 4) is 0 Å². The summed E-state index contributed by atoms with van der Waals surface area (Å²) in [6.45, 7) is 12.5. The lowest BCUT2D eigenvalue weighted by molar-refractivity contribution is -0.154. The first-order valence-electron chi connectivity index (χ1n) is 14.3. The van der Waals surface area contributed by atoms with E-state index in [9.17, 15) is 0 Å². The fourth-order valence-electron chi connectivity index (χ4n) is 10.9. The molecule has 3 heterocycles. The summed E-state index contributed by atoms with van der Waals surface area (Å²) in [7, 11) is 0. The lowest BCUT2D eigenvalue weighted by Crippen LogP contribution is -2.37. The molecule has 3 aliphatic heterocycles. The van der Waals surface area contributed by atoms with Crippen molar-refractivity contribution in [1.29, 1.82) is 0 Å². The summed E-state index contributed by atoms with van der Waals surface area (Å²) in [4.78, 5) is 0. The lowest BCUT2D eigenvalue weighted by atomic mass is 9.69. The van der Waals surface area contributed by atoms with E-state index in [1.165, 1.54) is 0 Å². The van der Waals surface area contributed by atoms with Crippen LogP contribution in [0.3, 0.4) is 0 Å². The van der Waals surface area contributed by atoms with E-state index in [0.29, 0.717) is 35.5 Å². The molecule has 0 unspecified atom stereocenters. The zero-order chi connectivity index (χ0) is 24.3. The highest BCUT2D eigenvalue weighted by molar-refractivity contribution is 5.69. The number of ether oxygens (including phenoxy) is 6. The smallest absolute Gasteiger partial charge is 0.163 e. The molecule has 6 nitrogen and oxygen atoms in total. The molecule has 0 spiro atoms. The van der Waals surface area contributed by atoms with E-state index in [1.807, 2.05) is 0 Å². The quantitative estimate of drug-likeness (QED) is 0.508. The Morgan fingerprint density at radius 3 is 0.694 bits per heavy atom. The number of hydrogen-bond donors (Lipinski definition) is 0. The van der Waals surface area contributed by atoms with Crippen LogP contribution in [0.15, 0.2) is 0 Å². The van der Waals surface area contributed by atoms with E-state index < -0.39 is 17.4 Å². The Labute approximate surface area is 212 Å². The van der Waals surface area contributed by atoms with Gasteiger partial charge in [-0.25, -0.2) is 0 Å². The molecule has 0 N–H and O–H groups in total. The second-order valence-corrected chi connectivity index (χ2v) is 14.5. The molecule has 0 amide bonds. The second kappa shape index (κ2) is 5.78. The Hall–Kier alpha value is -1.02. The minimum Gasteiger partial charge on any atom is -0.344 e.